The van der Waals surface area contributed by atoms with Crippen molar-refractivity contribution in [3.63, 3.8) is 0 Å². The lowest BCUT2D eigenvalue weighted by Crippen LogP contribution is -2.54. The van der Waals surface area contributed by atoms with Gasteiger partial charge in [-0.05, 0) is 44.2 Å². The lowest BCUT2D eigenvalue weighted by molar-refractivity contribution is -0.284. The molecular formula is C24H29ClF5N3O6S. The number of aryl methyl sites for hydroxylation is 1. The summed E-state index contributed by atoms with van der Waals surface area (Å²) in [7, 11) is -2.75. The zero-order valence-electron chi connectivity index (χ0n) is 21.3. The number of hydrogen-bond donors (Lipinski definition) is 2. The van der Waals surface area contributed by atoms with Gasteiger partial charge >= 0.3 is 12.1 Å². The van der Waals surface area contributed by atoms with Crippen LogP contribution in [0, 0.1) is 0 Å². The van der Waals surface area contributed by atoms with Gasteiger partial charge in [0, 0.05) is 25.3 Å². The van der Waals surface area contributed by atoms with Crippen LogP contribution in [-0.4, -0.2) is 72.8 Å². The predicted molar refractivity (Wildman–Crippen MR) is 134 cm³/mol. The third-order valence-corrected chi connectivity index (χ3v) is 9.20. The summed E-state index contributed by atoms with van der Waals surface area (Å²) < 4.78 is 99.2. The van der Waals surface area contributed by atoms with Crippen LogP contribution in [-0.2, 0) is 30.5 Å². The molecule has 0 saturated heterocycles. The maximum atomic E-state index is 13.6. The number of nitrogens with one attached hydrogen (secondary N) is 1. The van der Waals surface area contributed by atoms with Gasteiger partial charge in [-0.3, -0.25) is 20.0 Å². The fourth-order valence-corrected chi connectivity index (χ4v) is 6.34. The molecule has 1 fully saturated rings. The van der Waals surface area contributed by atoms with Crippen molar-refractivity contribution < 1.29 is 49.8 Å². The highest BCUT2D eigenvalue weighted by Gasteiger charge is 2.56. The lowest BCUT2D eigenvalue weighted by Gasteiger charge is -2.37. The smallest absolute Gasteiger partial charge is 0.382 e. The molecule has 9 nitrogen and oxygen atoms in total. The van der Waals surface area contributed by atoms with E-state index in [1.807, 2.05) is 0 Å². The molecule has 1 aliphatic rings. The zero-order valence-corrected chi connectivity index (χ0v) is 22.9. The third-order valence-electron chi connectivity index (χ3n) is 6.69. The van der Waals surface area contributed by atoms with Crippen LogP contribution < -0.4 is 5.48 Å². The molecule has 1 saturated carbocycles. The van der Waals surface area contributed by atoms with Crippen LogP contribution in [0.3, 0.4) is 0 Å². The molecule has 40 heavy (non-hydrogen) atoms. The number of amides is 1. The first-order chi connectivity index (χ1) is 18.3. The van der Waals surface area contributed by atoms with Crippen LogP contribution in [0.1, 0.15) is 37.8 Å². The predicted octanol–water partition coefficient (Wildman–Crippen LogP) is 4.32. The minimum atomic E-state index is -5.66. The fourth-order valence-electron chi connectivity index (χ4n) is 4.33. The van der Waals surface area contributed by atoms with Crippen LogP contribution >= 0.6 is 12.4 Å². The number of hydroxylamine groups is 1. The molecule has 2 aromatic rings. The summed E-state index contributed by atoms with van der Waals surface area (Å²) in [5.41, 5.74) is 2.03. The summed E-state index contributed by atoms with van der Waals surface area (Å²) in [5, 5.41) is 9.32. The van der Waals surface area contributed by atoms with Gasteiger partial charge < -0.3 is 9.47 Å². The molecule has 1 aromatic heterocycles. The molecule has 3 rings (SSSR count). The maximum absolute atomic E-state index is 13.6. The summed E-state index contributed by atoms with van der Waals surface area (Å²) in [6, 6.07) is 5.33. The van der Waals surface area contributed by atoms with Gasteiger partial charge in [-0.25, -0.2) is 13.9 Å². The second-order valence-corrected chi connectivity index (χ2v) is 11.4. The van der Waals surface area contributed by atoms with Gasteiger partial charge in [0.25, 0.3) is 5.91 Å². The van der Waals surface area contributed by atoms with Crippen LogP contribution in [0.15, 0.2) is 41.6 Å². The highest BCUT2D eigenvalue weighted by atomic mass is 35.5. The Morgan fingerprint density at radius 3 is 2.20 bits per heavy atom. The van der Waals surface area contributed by atoms with Gasteiger partial charge in [0.05, 0.1) is 41.8 Å². The molecule has 0 radical (unpaired) electrons. The van der Waals surface area contributed by atoms with E-state index in [0.717, 1.165) is 6.20 Å². The van der Waals surface area contributed by atoms with E-state index in [1.165, 1.54) is 43.1 Å². The molecule has 0 unspecified atom stereocenters. The van der Waals surface area contributed by atoms with E-state index in [0.29, 0.717) is 18.8 Å². The van der Waals surface area contributed by atoms with Gasteiger partial charge in [-0.2, -0.15) is 22.0 Å². The quantitative estimate of drug-likeness (QED) is 0.165. The van der Waals surface area contributed by atoms with E-state index in [4.69, 9.17) is 9.47 Å². The van der Waals surface area contributed by atoms with Crippen LogP contribution in [0.2, 0.25) is 0 Å². The molecule has 1 aromatic carbocycles. The highest BCUT2D eigenvalue weighted by Crippen LogP contribution is 2.41. The van der Waals surface area contributed by atoms with Crippen molar-refractivity contribution in [3.8, 4) is 11.3 Å². The van der Waals surface area contributed by atoms with Crippen LogP contribution in [0.25, 0.3) is 11.3 Å². The van der Waals surface area contributed by atoms with Crippen LogP contribution in [0.5, 0.6) is 0 Å². The first kappa shape index (κ1) is 33.7. The number of carbonyl (C=O) groups excluding carboxylic acids is 1. The standard InChI is InChI=1S/C24H28F5N3O6S.ClH/c1-37-12-13-38-18-7-9-22(10-8-18,21(33)32-34)39(35,36)19-4-2-16(3-5-19)20-15-30-17(14-31-20)6-11-23(25,26)24(27,28)29;/h2-5,14-15,18,34H,6-13H2,1H3,(H,32,33);1H. The molecule has 0 aliphatic heterocycles. The van der Waals surface area contributed by atoms with Crippen molar-refractivity contribution in [2.45, 2.75) is 66.4 Å². The second-order valence-electron chi connectivity index (χ2n) is 9.12. The number of halogens is 6. The van der Waals surface area contributed by atoms with Crippen molar-refractivity contribution in [1.82, 2.24) is 15.4 Å². The number of ether oxygens (including phenoxy) is 2. The minimum Gasteiger partial charge on any atom is -0.382 e. The zero-order chi connectivity index (χ0) is 28.9. The van der Waals surface area contributed by atoms with Crippen LogP contribution in [0.4, 0.5) is 22.0 Å². The topological polar surface area (TPSA) is 128 Å². The Kier molecular flexibility index (Phi) is 11.4. The van der Waals surface area contributed by atoms with Gasteiger partial charge in [-0.15, -0.1) is 12.4 Å². The normalized spacial score (nSPS) is 20.0. The van der Waals surface area contributed by atoms with Gasteiger partial charge in [0.2, 0.25) is 0 Å². The molecule has 224 valence electrons. The van der Waals surface area contributed by atoms with Gasteiger partial charge in [0.15, 0.2) is 14.6 Å². The Labute approximate surface area is 233 Å². The number of hydrogen-bond acceptors (Lipinski definition) is 8. The maximum Gasteiger partial charge on any atom is 0.453 e. The van der Waals surface area contributed by atoms with Crippen molar-refractivity contribution in [1.29, 1.82) is 0 Å². The Balaban J connectivity index is 0.00000560. The van der Waals surface area contributed by atoms with Gasteiger partial charge in [0.1, 0.15) is 0 Å². The third kappa shape index (κ3) is 7.24. The Morgan fingerprint density at radius 2 is 1.70 bits per heavy atom. The Hall–Kier alpha value is -2.46. The second kappa shape index (κ2) is 13.5. The van der Waals surface area contributed by atoms with E-state index in [2.05, 4.69) is 9.97 Å². The minimum absolute atomic E-state index is 0. The molecule has 0 spiro atoms. The lowest BCUT2D eigenvalue weighted by atomic mass is 9.86. The molecule has 2 N–H and O–H groups in total. The van der Waals surface area contributed by atoms with Crippen molar-refractivity contribution in [2.75, 3.05) is 20.3 Å². The number of methoxy groups -OCH3 is 1. The number of benzene rings is 1. The Morgan fingerprint density at radius 1 is 1.07 bits per heavy atom. The summed E-state index contributed by atoms with van der Waals surface area (Å²) >= 11 is 0. The van der Waals surface area contributed by atoms with E-state index in [1.54, 1.807) is 0 Å². The summed E-state index contributed by atoms with van der Waals surface area (Å²) in [4.78, 5) is 20.4. The average molecular weight is 618 g/mol. The molecule has 1 aliphatic carbocycles. The first-order valence-electron chi connectivity index (χ1n) is 11.9. The molecule has 1 heterocycles. The van der Waals surface area contributed by atoms with Crippen molar-refractivity contribution >= 4 is 28.2 Å². The number of rotatable bonds is 11. The number of nitrogens with zero attached hydrogens (tertiary/aromatic N) is 2. The van der Waals surface area contributed by atoms with E-state index < -0.39 is 45.4 Å². The first-order valence-corrected chi connectivity index (χ1v) is 13.4. The molecular weight excluding hydrogens is 589 g/mol. The van der Waals surface area contributed by atoms with E-state index >= 15 is 0 Å². The van der Waals surface area contributed by atoms with Crippen molar-refractivity contribution in [2.24, 2.45) is 0 Å². The number of sulfone groups is 1. The molecule has 0 bridgehead atoms. The highest BCUT2D eigenvalue weighted by molar-refractivity contribution is 7.93. The van der Waals surface area contributed by atoms with E-state index in [-0.39, 0.29) is 60.5 Å². The monoisotopic (exact) mass is 617 g/mol. The summed E-state index contributed by atoms with van der Waals surface area (Å²) in [6.07, 6.45) is -5.42. The number of alkyl halides is 5. The molecule has 1 amide bonds. The molecule has 16 heteroatoms. The van der Waals surface area contributed by atoms with Gasteiger partial charge in [-0.1, -0.05) is 12.1 Å². The molecule has 0 atom stereocenters. The largest absolute Gasteiger partial charge is 0.453 e. The number of carbonyl (C=O) groups is 1. The Bertz CT molecular complexity index is 1220. The number of aromatic nitrogens is 2. The SMILES string of the molecule is COCCOC1CCC(C(=O)NO)(S(=O)(=O)c2ccc(-c3cnc(CCC(F)(F)C(F)(F)F)cn3)cc2)CC1.Cl. The summed E-state index contributed by atoms with van der Waals surface area (Å²) in [6.45, 7) is 0.684. The van der Waals surface area contributed by atoms with Crippen molar-refractivity contribution in [3.05, 3.63) is 42.4 Å². The van der Waals surface area contributed by atoms with E-state index in [9.17, 15) is 40.4 Å². The summed E-state index contributed by atoms with van der Waals surface area (Å²) in [5.74, 6) is -5.89. The fraction of sp³-hybridized carbons (Fsp3) is 0.542. The average Bonchev–Trinajstić information content (AvgIpc) is 2.91.